The van der Waals surface area contributed by atoms with Gasteiger partial charge in [0.05, 0.1) is 17.3 Å². The van der Waals surface area contributed by atoms with Gasteiger partial charge in [0, 0.05) is 6.54 Å². The van der Waals surface area contributed by atoms with Gasteiger partial charge in [-0.15, -0.1) is 0 Å². The molecule has 6 heteroatoms. The zero-order valence-corrected chi connectivity index (χ0v) is 19.1. The molecule has 0 bridgehead atoms. The van der Waals surface area contributed by atoms with Gasteiger partial charge in [-0.3, -0.25) is 9.79 Å². The van der Waals surface area contributed by atoms with E-state index in [1.165, 1.54) is 7.11 Å². The van der Waals surface area contributed by atoms with E-state index in [0.717, 1.165) is 42.3 Å². The number of nitrogens with zero attached hydrogens (tertiary/aromatic N) is 2. The van der Waals surface area contributed by atoms with Gasteiger partial charge >= 0.3 is 5.97 Å². The fourth-order valence-electron chi connectivity index (χ4n) is 4.04. The van der Waals surface area contributed by atoms with Crippen molar-refractivity contribution in [3.05, 3.63) is 35.4 Å². The molecule has 1 saturated carbocycles. The summed E-state index contributed by atoms with van der Waals surface area (Å²) >= 11 is 3.47. The standard InChI is InChI=1S/C22H31BrN2O3/c1-16(23)24-22(12-10-19(11-13-22)21(2,3)4)25(15-26)14-17-6-8-18(9-7-17)20(27)28-5/h6-9,15,19H,10-14H2,1-5H3. The SMILES string of the molecule is COC(=O)c1ccc(CN(C=O)C2(N=C(C)Br)CCC(C(C)(C)C)CC2)cc1. The molecular formula is C22H31BrN2O3. The molecule has 0 saturated heterocycles. The second-order valence-electron chi connectivity index (χ2n) is 8.65. The van der Waals surface area contributed by atoms with Crippen LogP contribution >= 0.6 is 15.9 Å². The summed E-state index contributed by atoms with van der Waals surface area (Å²) in [5.74, 6) is 0.259. The third kappa shape index (κ3) is 5.43. The van der Waals surface area contributed by atoms with E-state index in [1.54, 1.807) is 12.1 Å². The Morgan fingerprint density at radius 2 is 1.86 bits per heavy atom. The first-order chi connectivity index (χ1) is 13.1. The number of hydrogen-bond acceptors (Lipinski definition) is 4. The molecule has 0 aliphatic heterocycles. The number of carbonyl (C=O) groups is 2. The Labute approximate surface area is 176 Å². The normalized spacial score (nSPS) is 23.2. The Hall–Kier alpha value is -1.69. The van der Waals surface area contributed by atoms with E-state index in [4.69, 9.17) is 9.73 Å². The van der Waals surface area contributed by atoms with Crippen molar-refractivity contribution >= 4 is 32.9 Å². The molecule has 2 rings (SSSR count). The van der Waals surface area contributed by atoms with E-state index in [0.29, 0.717) is 18.0 Å². The molecule has 1 amide bonds. The van der Waals surface area contributed by atoms with Crippen molar-refractivity contribution in [2.24, 2.45) is 16.3 Å². The zero-order valence-electron chi connectivity index (χ0n) is 17.5. The minimum absolute atomic E-state index is 0.259. The summed E-state index contributed by atoms with van der Waals surface area (Å²) in [6.07, 6.45) is 4.68. The lowest BCUT2D eigenvalue weighted by Crippen LogP contribution is -2.50. The number of rotatable bonds is 6. The molecule has 1 aromatic rings. The summed E-state index contributed by atoms with van der Waals surface area (Å²) in [6.45, 7) is 9.21. The predicted molar refractivity (Wildman–Crippen MR) is 116 cm³/mol. The van der Waals surface area contributed by atoms with Crippen molar-refractivity contribution < 1.29 is 14.3 Å². The van der Waals surface area contributed by atoms with E-state index < -0.39 is 5.66 Å². The number of aliphatic imine (C=N–C) groups is 1. The molecule has 0 radical (unpaired) electrons. The van der Waals surface area contributed by atoms with Crippen LogP contribution in [-0.2, 0) is 16.1 Å². The topological polar surface area (TPSA) is 59.0 Å². The number of carbonyl (C=O) groups excluding carboxylic acids is 2. The summed E-state index contributed by atoms with van der Waals surface area (Å²) in [5.41, 5.74) is 1.19. The van der Waals surface area contributed by atoms with Crippen LogP contribution in [0, 0.1) is 11.3 Å². The molecule has 1 aliphatic rings. The Balaban J connectivity index is 2.23. The van der Waals surface area contributed by atoms with Gasteiger partial charge in [0.1, 0.15) is 5.66 Å². The van der Waals surface area contributed by atoms with Gasteiger partial charge in [-0.25, -0.2) is 4.79 Å². The molecule has 154 valence electrons. The molecule has 0 aromatic heterocycles. The quantitative estimate of drug-likeness (QED) is 0.340. The third-order valence-corrected chi connectivity index (χ3v) is 5.94. The van der Waals surface area contributed by atoms with Gasteiger partial charge in [0.15, 0.2) is 0 Å². The molecule has 0 N–H and O–H groups in total. The van der Waals surface area contributed by atoms with Crippen LogP contribution in [0.1, 0.15) is 69.3 Å². The minimum Gasteiger partial charge on any atom is -0.465 e. The van der Waals surface area contributed by atoms with E-state index in [-0.39, 0.29) is 11.4 Å². The first-order valence-corrected chi connectivity index (χ1v) is 10.5. The Morgan fingerprint density at radius 3 is 2.29 bits per heavy atom. The maximum Gasteiger partial charge on any atom is 0.337 e. The van der Waals surface area contributed by atoms with Crippen molar-refractivity contribution in [2.45, 2.75) is 65.6 Å². The third-order valence-electron chi connectivity index (χ3n) is 5.76. The lowest BCUT2D eigenvalue weighted by Gasteiger charge is -2.46. The van der Waals surface area contributed by atoms with Crippen LogP contribution in [0.3, 0.4) is 0 Å². The van der Waals surface area contributed by atoms with Crippen LogP contribution in [0.25, 0.3) is 0 Å². The minimum atomic E-state index is -0.530. The van der Waals surface area contributed by atoms with Crippen LogP contribution in [0.2, 0.25) is 0 Å². The number of amides is 1. The number of esters is 1. The molecular weight excluding hydrogens is 420 g/mol. The van der Waals surface area contributed by atoms with Crippen molar-refractivity contribution in [1.82, 2.24) is 4.90 Å². The van der Waals surface area contributed by atoms with Crippen molar-refractivity contribution in [1.29, 1.82) is 0 Å². The lowest BCUT2D eigenvalue weighted by atomic mass is 9.69. The average molecular weight is 451 g/mol. The van der Waals surface area contributed by atoms with Gasteiger partial charge < -0.3 is 9.64 Å². The average Bonchev–Trinajstić information content (AvgIpc) is 2.65. The van der Waals surface area contributed by atoms with Crippen molar-refractivity contribution in [3.63, 3.8) is 0 Å². The number of hydrogen-bond donors (Lipinski definition) is 0. The Bertz CT molecular complexity index is 710. The summed E-state index contributed by atoms with van der Waals surface area (Å²) < 4.78 is 5.54. The molecule has 0 spiro atoms. The highest BCUT2D eigenvalue weighted by Crippen LogP contribution is 2.44. The summed E-state index contributed by atoms with van der Waals surface area (Å²) in [7, 11) is 1.36. The number of methoxy groups -OCH3 is 1. The Kier molecular flexibility index (Phi) is 7.43. The number of ether oxygens (including phenoxy) is 1. The Morgan fingerprint density at radius 1 is 1.29 bits per heavy atom. The maximum absolute atomic E-state index is 12.1. The number of halogens is 1. The highest BCUT2D eigenvalue weighted by molar-refractivity contribution is 9.18. The van der Waals surface area contributed by atoms with Crippen LogP contribution in [-0.4, -0.2) is 34.7 Å². The highest BCUT2D eigenvalue weighted by Gasteiger charge is 2.42. The highest BCUT2D eigenvalue weighted by atomic mass is 79.9. The second kappa shape index (κ2) is 9.21. The molecule has 5 nitrogen and oxygen atoms in total. The molecule has 0 heterocycles. The molecule has 0 unspecified atom stereocenters. The summed E-state index contributed by atoms with van der Waals surface area (Å²) in [6, 6.07) is 7.18. The predicted octanol–water partition coefficient (Wildman–Crippen LogP) is 5.18. The van der Waals surface area contributed by atoms with Crippen LogP contribution in [0.4, 0.5) is 0 Å². The second-order valence-corrected chi connectivity index (χ2v) is 9.80. The fraction of sp³-hybridized carbons (Fsp3) is 0.591. The maximum atomic E-state index is 12.1. The molecule has 1 aliphatic carbocycles. The van der Waals surface area contributed by atoms with Crippen LogP contribution < -0.4 is 0 Å². The lowest BCUT2D eigenvalue weighted by molar-refractivity contribution is -0.126. The van der Waals surface area contributed by atoms with E-state index in [9.17, 15) is 9.59 Å². The van der Waals surface area contributed by atoms with Crippen molar-refractivity contribution in [3.8, 4) is 0 Å². The largest absolute Gasteiger partial charge is 0.465 e. The van der Waals surface area contributed by atoms with Gasteiger partial charge in [0.25, 0.3) is 0 Å². The molecule has 28 heavy (non-hydrogen) atoms. The fourth-order valence-corrected chi connectivity index (χ4v) is 4.37. The molecule has 0 atom stereocenters. The van der Waals surface area contributed by atoms with Gasteiger partial charge in [-0.2, -0.15) is 0 Å². The first kappa shape index (κ1) is 22.6. The van der Waals surface area contributed by atoms with E-state index >= 15 is 0 Å². The van der Waals surface area contributed by atoms with E-state index in [2.05, 4.69) is 36.7 Å². The number of benzene rings is 1. The van der Waals surface area contributed by atoms with E-state index in [1.807, 2.05) is 24.0 Å². The van der Waals surface area contributed by atoms with Crippen LogP contribution in [0.15, 0.2) is 29.3 Å². The van der Waals surface area contributed by atoms with Gasteiger partial charge in [-0.05, 0) is 77.6 Å². The summed E-state index contributed by atoms with van der Waals surface area (Å²) in [5, 5.41) is 0. The van der Waals surface area contributed by atoms with Gasteiger partial charge in [-0.1, -0.05) is 32.9 Å². The first-order valence-electron chi connectivity index (χ1n) is 9.72. The summed E-state index contributed by atoms with van der Waals surface area (Å²) in [4.78, 5) is 30.4. The zero-order chi connectivity index (χ0) is 20.9. The van der Waals surface area contributed by atoms with Gasteiger partial charge in [0.2, 0.25) is 6.41 Å². The smallest absolute Gasteiger partial charge is 0.337 e. The van der Waals surface area contributed by atoms with Crippen molar-refractivity contribution in [2.75, 3.05) is 7.11 Å². The monoisotopic (exact) mass is 450 g/mol. The molecule has 1 aromatic carbocycles. The van der Waals surface area contributed by atoms with Crippen LogP contribution in [0.5, 0.6) is 0 Å². The molecule has 1 fully saturated rings.